The van der Waals surface area contributed by atoms with Crippen LogP contribution in [-0.2, 0) is 17.1 Å². The number of halogens is 1. The molecule has 0 aromatic heterocycles. The van der Waals surface area contributed by atoms with Gasteiger partial charge in [-0.25, -0.2) is 0 Å². The van der Waals surface area contributed by atoms with Gasteiger partial charge in [-0.15, -0.1) is 12.4 Å². The molecule has 1 radical (unpaired) electrons. The summed E-state index contributed by atoms with van der Waals surface area (Å²) in [7, 11) is 1.00. The number of aliphatic hydroxyl groups is 1. The van der Waals surface area contributed by atoms with Gasteiger partial charge in [0.25, 0.3) is 0 Å². The summed E-state index contributed by atoms with van der Waals surface area (Å²) in [4.78, 5) is 0. The van der Waals surface area contributed by atoms with Gasteiger partial charge in [0.15, 0.2) is 0 Å². The molecule has 0 aromatic carbocycles. The summed E-state index contributed by atoms with van der Waals surface area (Å²) < 4.78 is 0. The molecule has 0 aromatic rings. The second-order valence-corrected chi connectivity index (χ2v) is 0. The zero-order valence-corrected chi connectivity index (χ0v) is 3.92. The Bertz CT molecular complexity index is 8.00. The first-order valence-electron chi connectivity index (χ1n) is 0.447. The van der Waals surface area contributed by atoms with E-state index in [4.69, 9.17) is 5.11 Å². The minimum absolute atomic E-state index is 0. The minimum atomic E-state index is 0. The van der Waals surface area contributed by atoms with Crippen LogP contribution in [0.5, 0.6) is 0 Å². The molecule has 0 saturated carbocycles. The third-order valence-electron chi connectivity index (χ3n) is 0. The molecule has 3 heteroatoms. The van der Waals surface area contributed by atoms with Gasteiger partial charge in [0.1, 0.15) is 0 Å². The summed E-state index contributed by atoms with van der Waals surface area (Å²) in [5.41, 5.74) is 0. The summed E-state index contributed by atoms with van der Waals surface area (Å²) in [6, 6.07) is 0. The van der Waals surface area contributed by atoms with Gasteiger partial charge in [-0.1, -0.05) is 0 Å². The van der Waals surface area contributed by atoms with E-state index in [0.717, 1.165) is 7.11 Å². The molecule has 0 saturated heterocycles. The molecule has 1 N–H and O–H groups in total. The third-order valence-corrected chi connectivity index (χ3v) is 0. The van der Waals surface area contributed by atoms with Crippen LogP contribution in [-0.4, -0.2) is 12.2 Å². The summed E-state index contributed by atoms with van der Waals surface area (Å²) in [5.74, 6) is 0. The van der Waals surface area contributed by atoms with Gasteiger partial charge in [-0.3, -0.25) is 0 Å². The number of hydrogen-bond acceptors (Lipinski definition) is 1. The van der Waals surface area contributed by atoms with Crippen molar-refractivity contribution in [3.05, 3.63) is 0 Å². The predicted octanol–water partition coefficient (Wildman–Crippen LogP) is 0.0278. The van der Waals surface area contributed by atoms with E-state index in [1.807, 2.05) is 0 Å². The summed E-state index contributed by atoms with van der Waals surface area (Å²) in [6.45, 7) is 0. The molecule has 0 aliphatic heterocycles. The maximum Gasteiger partial charge on any atom is 0.0319 e. The normalized spacial score (nSPS) is 1.50. The molecule has 0 rings (SSSR count). The van der Waals surface area contributed by atoms with E-state index in [1.54, 1.807) is 0 Å². The molecule has 0 spiro atoms. The summed E-state index contributed by atoms with van der Waals surface area (Å²) >= 11 is 0. The molecule has 0 unspecified atom stereocenters. The van der Waals surface area contributed by atoms with E-state index in [-0.39, 0.29) is 29.5 Å². The fourth-order valence-electron chi connectivity index (χ4n) is 0. The Morgan fingerprint density at radius 2 is 1.25 bits per heavy atom. The van der Waals surface area contributed by atoms with Gasteiger partial charge >= 0.3 is 0 Å². The van der Waals surface area contributed by atoms with Crippen LogP contribution in [0.3, 0.4) is 0 Å². The molecule has 0 aliphatic rings. The van der Waals surface area contributed by atoms with Gasteiger partial charge in [0.05, 0.1) is 0 Å². The molecule has 0 aliphatic carbocycles. The average molecular weight is 132 g/mol. The monoisotopic (exact) mass is 131 g/mol. The number of rotatable bonds is 0. The van der Waals surface area contributed by atoms with Gasteiger partial charge in [0.2, 0.25) is 0 Å². The fraction of sp³-hybridized carbons (Fsp3) is 1.00. The maximum atomic E-state index is 7.00. The van der Waals surface area contributed by atoms with Crippen LogP contribution in [0.25, 0.3) is 0 Å². The molecule has 0 heterocycles. The standard InChI is InChI=1S/CH4O.ClH.Cu/c1-2;;/h2H,1H3;1H;. The van der Waals surface area contributed by atoms with Crippen molar-refractivity contribution in [2.24, 2.45) is 0 Å². The zero-order chi connectivity index (χ0) is 2.00. The van der Waals surface area contributed by atoms with Gasteiger partial charge in [-0.05, 0) is 0 Å². The molecular weight excluding hydrogens is 127 g/mol. The topological polar surface area (TPSA) is 20.2 Å². The quantitative estimate of drug-likeness (QED) is 0.461. The van der Waals surface area contributed by atoms with E-state index in [0.29, 0.717) is 0 Å². The van der Waals surface area contributed by atoms with Crippen molar-refractivity contribution >= 4 is 12.4 Å². The van der Waals surface area contributed by atoms with Crippen LogP contribution < -0.4 is 0 Å². The maximum absolute atomic E-state index is 7.00. The number of aliphatic hydroxyl groups excluding tert-OH is 1. The first-order chi connectivity index (χ1) is 1.00. The Hall–Kier alpha value is 0.769. The zero-order valence-electron chi connectivity index (χ0n) is 2.16. The van der Waals surface area contributed by atoms with Crippen molar-refractivity contribution in [2.75, 3.05) is 7.11 Å². The molecule has 33 valence electrons. The molecule has 4 heavy (non-hydrogen) atoms. The molecular formula is CH5ClCuO. The van der Waals surface area contributed by atoms with Crippen LogP contribution in [0, 0.1) is 0 Å². The smallest absolute Gasteiger partial charge is 0.0319 e. The molecule has 1 nitrogen and oxygen atoms in total. The van der Waals surface area contributed by atoms with Crippen molar-refractivity contribution in [2.45, 2.75) is 0 Å². The second kappa shape index (κ2) is 48.8. The largest absolute Gasteiger partial charge is 0.400 e. The summed E-state index contributed by atoms with van der Waals surface area (Å²) in [5, 5.41) is 7.00. The van der Waals surface area contributed by atoms with E-state index >= 15 is 0 Å². The van der Waals surface area contributed by atoms with Crippen LogP contribution in [0.4, 0.5) is 0 Å². The first kappa shape index (κ1) is 21.6. The average Bonchev–Trinajstić information content (AvgIpc) is 1.00. The third kappa shape index (κ3) is 14.6. The summed E-state index contributed by atoms with van der Waals surface area (Å²) in [6.07, 6.45) is 0. The Balaban J connectivity index is -0.00000000500. The fourth-order valence-corrected chi connectivity index (χ4v) is 0. The van der Waals surface area contributed by atoms with E-state index < -0.39 is 0 Å². The van der Waals surface area contributed by atoms with Crippen LogP contribution in [0.2, 0.25) is 0 Å². The van der Waals surface area contributed by atoms with Crippen molar-refractivity contribution in [3.63, 3.8) is 0 Å². The van der Waals surface area contributed by atoms with Crippen molar-refractivity contribution in [3.8, 4) is 0 Å². The van der Waals surface area contributed by atoms with E-state index in [2.05, 4.69) is 0 Å². The molecule has 0 atom stereocenters. The van der Waals surface area contributed by atoms with Crippen LogP contribution in [0.15, 0.2) is 0 Å². The van der Waals surface area contributed by atoms with Gasteiger partial charge in [-0.2, -0.15) is 0 Å². The van der Waals surface area contributed by atoms with Crippen molar-refractivity contribution in [1.29, 1.82) is 0 Å². The van der Waals surface area contributed by atoms with E-state index in [1.165, 1.54) is 0 Å². The molecule has 0 fully saturated rings. The number of hydrogen-bond donors (Lipinski definition) is 1. The Labute approximate surface area is 42.3 Å². The van der Waals surface area contributed by atoms with Crippen LogP contribution >= 0.6 is 12.4 Å². The van der Waals surface area contributed by atoms with Gasteiger partial charge < -0.3 is 5.11 Å². The second-order valence-electron chi connectivity index (χ2n) is 0. The Morgan fingerprint density at radius 3 is 1.25 bits per heavy atom. The van der Waals surface area contributed by atoms with Crippen molar-refractivity contribution in [1.82, 2.24) is 0 Å². The Morgan fingerprint density at radius 1 is 1.25 bits per heavy atom. The van der Waals surface area contributed by atoms with Gasteiger partial charge in [0, 0.05) is 24.2 Å². The Kier molecular flexibility index (Phi) is 264. The molecule has 0 bridgehead atoms. The minimum Gasteiger partial charge on any atom is -0.400 e. The van der Waals surface area contributed by atoms with Crippen LogP contribution in [0.1, 0.15) is 0 Å². The molecule has 0 amide bonds. The van der Waals surface area contributed by atoms with E-state index in [9.17, 15) is 0 Å². The SMILES string of the molecule is CO.Cl.[Cu]. The van der Waals surface area contributed by atoms with Crippen molar-refractivity contribution < 1.29 is 22.2 Å². The predicted molar refractivity (Wildman–Crippen MR) is 15.4 cm³/mol. The first-order valence-corrected chi connectivity index (χ1v) is 0.447.